The Balaban J connectivity index is 1.78. The van der Waals surface area contributed by atoms with E-state index in [9.17, 15) is 14.4 Å². The molecular formula is C18H22N4O5. The number of aryl methyl sites for hydroxylation is 1. The van der Waals surface area contributed by atoms with E-state index in [1.54, 1.807) is 26.0 Å². The summed E-state index contributed by atoms with van der Waals surface area (Å²) in [7, 11) is 0. The summed E-state index contributed by atoms with van der Waals surface area (Å²) >= 11 is 0. The second-order valence-corrected chi connectivity index (χ2v) is 5.59. The highest BCUT2D eigenvalue weighted by Gasteiger charge is 2.19. The second kappa shape index (κ2) is 10.0. The molecule has 0 unspecified atom stereocenters. The minimum absolute atomic E-state index is 0.0500. The molecule has 0 radical (unpaired) electrons. The molecule has 1 amide bonds. The topological polar surface area (TPSA) is 112 Å². The molecule has 0 saturated heterocycles. The lowest BCUT2D eigenvalue weighted by atomic mass is 10.3. The number of para-hydroxylation sites is 1. The summed E-state index contributed by atoms with van der Waals surface area (Å²) < 4.78 is 9.76. The molecule has 2 rings (SSSR count). The molecule has 1 aromatic heterocycles. The lowest BCUT2D eigenvalue weighted by molar-refractivity contribution is -0.143. The van der Waals surface area contributed by atoms with Crippen LogP contribution in [0.3, 0.4) is 0 Å². The van der Waals surface area contributed by atoms with E-state index in [2.05, 4.69) is 15.5 Å². The van der Waals surface area contributed by atoms with Gasteiger partial charge in [0.05, 0.1) is 18.0 Å². The molecule has 0 saturated carbocycles. The number of ether oxygens (including phenoxy) is 2. The maximum absolute atomic E-state index is 12.1. The van der Waals surface area contributed by atoms with E-state index in [-0.39, 0.29) is 18.1 Å². The van der Waals surface area contributed by atoms with Gasteiger partial charge in [-0.05, 0) is 32.4 Å². The summed E-state index contributed by atoms with van der Waals surface area (Å²) in [6.45, 7) is 3.55. The van der Waals surface area contributed by atoms with Gasteiger partial charge in [-0.25, -0.2) is 4.79 Å². The van der Waals surface area contributed by atoms with Gasteiger partial charge in [-0.15, -0.1) is 5.10 Å². The van der Waals surface area contributed by atoms with Crippen LogP contribution in [0.1, 0.15) is 35.9 Å². The van der Waals surface area contributed by atoms with E-state index >= 15 is 0 Å². The van der Waals surface area contributed by atoms with Crippen molar-refractivity contribution >= 4 is 17.8 Å². The molecule has 0 aliphatic heterocycles. The number of amides is 1. The Morgan fingerprint density at radius 1 is 1.11 bits per heavy atom. The zero-order chi connectivity index (χ0) is 19.6. The molecule has 27 heavy (non-hydrogen) atoms. The van der Waals surface area contributed by atoms with E-state index in [4.69, 9.17) is 9.47 Å². The van der Waals surface area contributed by atoms with Crippen LogP contribution in [0.4, 0.5) is 0 Å². The zero-order valence-corrected chi connectivity index (χ0v) is 15.3. The molecular weight excluding hydrogens is 352 g/mol. The van der Waals surface area contributed by atoms with Gasteiger partial charge in [0.2, 0.25) is 0 Å². The Labute approximate surface area is 156 Å². The van der Waals surface area contributed by atoms with Crippen molar-refractivity contribution in [1.82, 2.24) is 20.3 Å². The summed E-state index contributed by atoms with van der Waals surface area (Å²) in [4.78, 5) is 36.4. The minimum atomic E-state index is -0.726. The Morgan fingerprint density at radius 2 is 1.85 bits per heavy atom. The van der Waals surface area contributed by atoms with E-state index in [0.29, 0.717) is 31.0 Å². The predicted octanol–water partition coefficient (Wildman–Crippen LogP) is 1.19. The molecule has 9 heteroatoms. The number of benzene rings is 1. The number of hydrogen-bond acceptors (Lipinski definition) is 7. The van der Waals surface area contributed by atoms with Gasteiger partial charge in [0.1, 0.15) is 0 Å². The first-order valence-electron chi connectivity index (χ1n) is 8.60. The van der Waals surface area contributed by atoms with E-state index in [1.807, 2.05) is 18.2 Å². The first-order valence-corrected chi connectivity index (χ1v) is 8.60. The number of aromatic nitrogens is 3. The number of hydrogen-bond donors (Lipinski definition) is 1. The summed E-state index contributed by atoms with van der Waals surface area (Å²) in [5.41, 5.74) is 1.16. The van der Waals surface area contributed by atoms with Gasteiger partial charge in [0.15, 0.2) is 12.3 Å². The van der Waals surface area contributed by atoms with Crippen molar-refractivity contribution in [3.63, 3.8) is 0 Å². The van der Waals surface area contributed by atoms with Crippen LogP contribution in [-0.4, -0.2) is 52.6 Å². The highest BCUT2D eigenvalue weighted by molar-refractivity contribution is 5.90. The summed E-state index contributed by atoms with van der Waals surface area (Å²) in [5, 5.41) is 10.9. The van der Waals surface area contributed by atoms with Gasteiger partial charge in [-0.1, -0.05) is 18.2 Å². The molecule has 9 nitrogen and oxygen atoms in total. The van der Waals surface area contributed by atoms with Crippen molar-refractivity contribution in [2.75, 3.05) is 19.8 Å². The highest BCUT2D eigenvalue weighted by atomic mass is 16.5. The summed E-state index contributed by atoms with van der Waals surface area (Å²) in [6, 6.07) is 9.13. The maximum atomic E-state index is 12.1. The monoisotopic (exact) mass is 374 g/mol. The van der Waals surface area contributed by atoms with Crippen LogP contribution in [0.5, 0.6) is 0 Å². The van der Waals surface area contributed by atoms with Crippen molar-refractivity contribution in [2.24, 2.45) is 0 Å². The number of rotatable bonds is 9. The largest absolute Gasteiger partial charge is 0.466 e. The first kappa shape index (κ1) is 20.1. The average Bonchev–Trinajstić information content (AvgIpc) is 3.06. The number of carbonyl (C=O) groups excluding carboxylic acids is 3. The van der Waals surface area contributed by atoms with E-state index in [1.165, 1.54) is 4.80 Å². The molecule has 144 valence electrons. The molecule has 2 aromatic rings. The van der Waals surface area contributed by atoms with Crippen LogP contribution in [0, 0.1) is 6.92 Å². The number of carbonyl (C=O) groups is 3. The van der Waals surface area contributed by atoms with Gasteiger partial charge in [-0.3, -0.25) is 9.59 Å². The number of nitrogens with zero attached hydrogens (tertiary/aromatic N) is 3. The maximum Gasteiger partial charge on any atom is 0.361 e. The van der Waals surface area contributed by atoms with E-state index in [0.717, 1.165) is 0 Å². The van der Waals surface area contributed by atoms with Crippen molar-refractivity contribution in [3.8, 4) is 5.69 Å². The standard InChI is InChI=1S/C18H22N4O5/c1-3-26-16(24)10-7-11-19-15(23)12-27-18(25)17-13(2)20-22(21-17)14-8-5-4-6-9-14/h4-6,8-9H,3,7,10-12H2,1-2H3,(H,19,23). The number of esters is 2. The van der Waals surface area contributed by atoms with Crippen molar-refractivity contribution in [2.45, 2.75) is 26.7 Å². The molecule has 0 bridgehead atoms. The Kier molecular flexibility index (Phi) is 7.48. The molecule has 1 N–H and O–H groups in total. The van der Waals surface area contributed by atoms with Crippen LogP contribution in [0.25, 0.3) is 5.69 Å². The van der Waals surface area contributed by atoms with E-state index < -0.39 is 18.5 Å². The third-order valence-electron chi connectivity index (χ3n) is 3.48. The van der Waals surface area contributed by atoms with Gasteiger partial charge < -0.3 is 14.8 Å². The normalized spacial score (nSPS) is 10.3. The van der Waals surface area contributed by atoms with Gasteiger partial charge in [0, 0.05) is 13.0 Å². The SMILES string of the molecule is CCOC(=O)CCCNC(=O)COC(=O)c1nn(-c2ccccc2)nc1C. The summed E-state index contributed by atoms with van der Waals surface area (Å²) in [6.07, 6.45) is 0.665. The first-order chi connectivity index (χ1) is 13.0. The van der Waals surface area contributed by atoms with Gasteiger partial charge in [-0.2, -0.15) is 9.90 Å². The van der Waals surface area contributed by atoms with Gasteiger partial charge in [0.25, 0.3) is 5.91 Å². The number of nitrogens with one attached hydrogen (secondary N) is 1. The molecule has 1 aromatic carbocycles. The lowest BCUT2D eigenvalue weighted by Crippen LogP contribution is -2.30. The Morgan fingerprint density at radius 3 is 2.56 bits per heavy atom. The quantitative estimate of drug-likeness (QED) is 0.518. The summed E-state index contributed by atoms with van der Waals surface area (Å²) in [5.74, 6) is -1.49. The fourth-order valence-electron chi connectivity index (χ4n) is 2.19. The van der Waals surface area contributed by atoms with Crippen molar-refractivity contribution in [1.29, 1.82) is 0 Å². The molecule has 0 spiro atoms. The Bertz CT molecular complexity index is 788. The van der Waals surface area contributed by atoms with Gasteiger partial charge >= 0.3 is 11.9 Å². The van der Waals surface area contributed by atoms with Crippen LogP contribution in [0.2, 0.25) is 0 Å². The van der Waals surface area contributed by atoms with Crippen LogP contribution < -0.4 is 5.32 Å². The highest BCUT2D eigenvalue weighted by Crippen LogP contribution is 2.09. The van der Waals surface area contributed by atoms with Crippen LogP contribution >= 0.6 is 0 Å². The predicted molar refractivity (Wildman–Crippen MR) is 95.3 cm³/mol. The zero-order valence-electron chi connectivity index (χ0n) is 15.3. The Hall–Kier alpha value is -3.23. The van der Waals surface area contributed by atoms with Crippen LogP contribution in [-0.2, 0) is 19.1 Å². The van der Waals surface area contributed by atoms with Crippen molar-refractivity contribution < 1.29 is 23.9 Å². The second-order valence-electron chi connectivity index (χ2n) is 5.59. The molecule has 0 atom stereocenters. The average molecular weight is 374 g/mol. The molecule has 1 heterocycles. The van der Waals surface area contributed by atoms with Crippen LogP contribution in [0.15, 0.2) is 30.3 Å². The smallest absolute Gasteiger partial charge is 0.361 e. The molecule has 0 aliphatic rings. The molecule has 0 aliphatic carbocycles. The fraction of sp³-hybridized carbons (Fsp3) is 0.389. The molecule has 0 fully saturated rings. The van der Waals surface area contributed by atoms with Crippen molar-refractivity contribution in [3.05, 3.63) is 41.7 Å². The third-order valence-corrected chi connectivity index (χ3v) is 3.48. The third kappa shape index (κ3) is 6.21. The minimum Gasteiger partial charge on any atom is -0.466 e. The lowest BCUT2D eigenvalue weighted by Gasteiger charge is -2.06. The fourth-order valence-corrected chi connectivity index (χ4v) is 2.19.